The minimum absolute atomic E-state index is 0.0310. The Balaban J connectivity index is 1.25. The van der Waals surface area contributed by atoms with E-state index in [1.807, 2.05) is 48.1 Å². The Bertz CT molecular complexity index is 777. The first-order chi connectivity index (χ1) is 16.2. The summed E-state index contributed by atoms with van der Waals surface area (Å²) in [6, 6.07) is 8.48. The molecule has 33 heavy (non-hydrogen) atoms. The molecular weight excluding hydrogens is 487 g/mol. The summed E-state index contributed by atoms with van der Waals surface area (Å²) in [4.78, 5) is 28.1. The van der Waals surface area contributed by atoms with Crippen molar-refractivity contribution in [1.29, 1.82) is 0 Å². The highest BCUT2D eigenvalue weighted by atomic mass is 33.1. The second kappa shape index (κ2) is 13.7. The van der Waals surface area contributed by atoms with Gasteiger partial charge in [-0.05, 0) is 56.1 Å². The van der Waals surface area contributed by atoms with Gasteiger partial charge in [0.1, 0.15) is 5.78 Å². The van der Waals surface area contributed by atoms with Crippen LogP contribution in [-0.4, -0.2) is 44.6 Å². The molecule has 1 amide bonds. The molecule has 3 aliphatic rings. The van der Waals surface area contributed by atoms with Crippen LogP contribution in [0.15, 0.2) is 24.3 Å². The zero-order chi connectivity index (χ0) is 22.9. The van der Waals surface area contributed by atoms with E-state index < -0.39 is 0 Å². The lowest BCUT2D eigenvalue weighted by Crippen LogP contribution is -2.45. The molecule has 0 aromatic heterocycles. The molecule has 0 saturated carbocycles. The molecule has 0 bridgehead atoms. The van der Waals surface area contributed by atoms with Crippen molar-refractivity contribution in [2.24, 2.45) is 0 Å². The zero-order valence-electron chi connectivity index (χ0n) is 19.5. The van der Waals surface area contributed by atoms with Gasteiger partial charge in [0.05, 0.1) is 0 Å². The fourth-order valence-corrected chi connectivity index (χ4v) is 11.1. The Kier molecular flexibility index (Phi) is 10.8. The van der Waals surface area contributed by atoms with E-state index in [4.69, 9.17) is 0 Å². The number of fused-ring (bicyclic) bond motifs is 1. The van der Waals surface area contributed by atoms with Crippen LogP contribution in [0, 0.1) is 0 Å². The lowest BCUT2D eigenvalue weighted by molar-refractivity contribution is -0.136. The van der Waals surface area contributed by atoms with Gasteiger partial charge in [-0.15, -0.1) is 0 Å². The van der Waals surface area contributed by atoms with Crippen molar-refractivity contribution >= 4 is 54.9 Å². The van der Waals surface area contributed by atoms with Crippen molar-refractivity contribution in [3.63, 3.8) is 0 Å². The Hall–Kier alpha value is -0.240. The second-order valence-corrected chi connectivity index (χ2v) is 15.1. The Labute approximate surface area is 215 Å². The first kappa shape index (κ1) is 25.8. The Morgan fingerprint density at radius 1 is 0.848 bits per heavy atom. The van der Waals surface area contributed by atoms with Crippen LogP contribution in [0.2, 0.25) is 0 Å². The van der Waals surface area contributed by atoms with Gasteiger partial charge >= 0.3 is 0 Å². The number of hydrogen-bond donors (Lipinski definition) is 0. The molecule has 0 aliphatic carbocycles. The van der Waals surface area contributed by atoms with Gasteiger partial charge in [0.2, 0.25) is 5.91 Å². The molecular formula is C26H37NO2S4. The van der Waals surface area contributed by atoms with Gasteiger partial charge in [-0.3, -0.25) is 9.59 Å². The monoisotopic (exact) mass is 523 g/mol. The normalized spacial score (nSPS) is 24.7. The molecule has 182 valence electrons. The maximum atomic E-state index is 13.2. The van der Waals surface area contributed by atoms with Gasteiger partial charge in [0, 0.05) is 53.9 Å². The molecule has 0 spiro atoms. The summed E-state index contributed by atoms with van der Waals surface area (Å²) in [5, 5.41) is 1.57. The topological polar surface area (TPSA) is 37.4 Å². The Morgan fingerprint density at radius 2 is 1.48 bits per heavy atom. The van der Waals surface area contributed by atoms with Crippen molar-refractivity contribution < 1.29 is 9.59 Å². The van der Waals surface area contributed by atoms with Crippen molar-refractivity contribution in [3.8, 4) is 0 Å². The van der Waals surface area contributed by atoms with Crippen molar-refractivity contribution in [2.75, 3.05) is 11.5 Å². The number of Topliss-reactive ketones (excluding diaryl/α,β-unsaturated/α-hetero) is 1. The number of carbonyl (C=O) groups excluding carboxylic acids is 2. The fourth-order valence-electron chi connectivity index (χ4n) is 5.04. The molecule has 2 fully saturated rings. The van der Waals surface area contributed by atoms with Crippen LogP contribution in [0.3, 0.4) is 0 Å². The molecule has 7 heteroatoms. The van der Waals surface area contributed by atoms with Crippen LogP contribution in [-0.2, 0) is 22.6 Å². The standard InChI is InChI=1S/C26H37NO2S4/c28-23(9-3-4-10-24-13-15-30-32-24)18-22-17-20-7-1-2-8-21(20)19-27(22)26(29)12-6-5-11-25-14-16-31-33-25/h1-2,7-8,22,24-25H,3-6,9-19H2. The number of benzene rings is 1. The number of amides is 1. The van der Waals surface area contributed by atoms with E-state index in [1.165, 1.54) is 48.3 Å². The quantitative estimate of drug-likeness (QED) is 0.211. The number of unbranched alkanes of at least 4 members (excludes halogenated alkanes) is 2. The average Bonchev–Trinajstić information content (AvgIpc) is 3.53. The maximum Gasteiger partial charge on any atom is 0.223 e. The van der Waals surface area contributed by atoms with E-state index in [0.29, 0.717) is 31.6 Å². The zero-order valence-corrected chi connectivity index (χ0v) is 22.8. The summed E-state index contributed by atoms with van der Waals surface area (Å²) >= 11 is 0. The molecule has 0 N–H and O–H groups in total. The first-order valence-corrected chi connectivity index (χ1v) is 17.4. The minimum atomic E-state index is 0.0310. The van der Waals surface area contributed by atoms with Crippen molar-refractivity contribution in [2.45, 2.75) is 100 Å². The largest absolute Gasteiger partial charge is 0.335 e. The lowest BCUT2D eigenvalue weighted by Gasteiger charge is -2.37. The third kappa shape index (κ3) is 8.15. The van der Waals surface area contributed by atoms with E-state index in [9.17, 15) is 9.59 Å². The van der Waals surface area contributed by atoms with E-state index in [1.54, 1.807) is 0 Å². The molecule has 3 nitrogen and oxygen atoms in total. The number of hydrogen-bond acceptors (Lipinski definition) is 6. The lowest BCUT2D eigenvalue weighted by atomic mass is 9.90. The predicted molar refractivity (Wildman–Crippen MR) is 148 cm³/mol. The van der Waals surface area contributed by atoms with Crippen LogP contribution >= 0.6 is 43.2 Å². The predicted octanol–water partition coefficient (Wildman–Crippen LogP) is 7.33. The van der Waals surface area contributed by atoms with E-state index in [2.05, 4.69) is 24.3 Å². The Morgan fingerprint density at radius 3 is 2.12 bits per heavy atom. The third-order valence-corrected chi connectivity index (χ3v) is 13.0. The van der Waals surface area contributed by atoms with Crippen LogP contribution < -0.4 is 0 Å². The molecule has 1 aromatic rings. The number of nitrogens with zero attached hydrogens (tertiary/aromatic N) is 1. The summed E-state index contributed by atoms with van der Waals surface area (Å²) in [5.74, 6) is 3.13. The highest BCUT2D eigenvalue weighted by molar-refractivity contribution is 8.77. The molecule has 3 atom stereocenters. The summed E-state index contributed by atoms with van der Waals surface area (Å²) in [6.07, 6.45) is 12.0. The third-order valence-electron chi connectivity index (χ3n) is 6.99. The van der Waals surface area contributed by atoms with Gasteiger partial charge in [-0.2, -0.15) is 0 Å². The van der Waals surface area contributed by atoms with E-state index >= 15 is 0 Å². The summed E-state index contributed by atoms with van der Waals surface area (Å²) in [7, 11) is 8.03. The summed E-state index contributed by atoms with van der Waals surface area (Å²) in [5.41, 5.74) is 2.56. The molecule has 1 aromatic carbocycles. The van der Waals surface area contributed by atoms with Crippen LogP contribution in [0.5, 0.6) is 0 Å². The summed E-state index contributed by atoms with van der Waals surface area (Å²) < 4.78 is 0. The second-order valence-electron chi connectivity index (χ2n) is 9.54. The first-order valence-electron chi connectivity index (χ1n) is 12.6. The van der Waals surface area contributed by atoms with E-state index in [-0.39, 0.29) is 11.9 Å². The highest BCUT2D eigenvalue weighted by Crippen LogP contribution is 2.40. The maximum absolute atomic E-state index is 13.2. The number of ketones is 1. The van der Waals surface area contributed by atoms with Crippen LogP contribution in [0.1, 0.15) is 81.8 Å². The average molecular weight is 524 g/mol. The van der Waals surface area contributed by atoms with Crippen molar-refractivity contribution in [1.82, 2.24) is 4.90 Å². The van der Waals surface area contributed by atoms with E-state index in [0.717, 1.165) is 42.6 Å². The van der Waals surface area contributed by atoms with Crippen LogP contribution in [0.4, 0.5) is 0 Å². The summed E-state index contributed by atoms with van der Waals surface area (Å²) in [6.45, 7) is 0.665. The van der Waals surface area contributed by atoms with Gasteiger partial charge in [0.15, 0.2) is 0 Å². The SMILES string of the molecule is O=C(CCCCC1CCSS1)CC1Cc2ccccc2CN1C(=O)CCCCC1CCSS1. The van der Waals surface area contributed by atoms with Gasteiger partial charge in [-0.25, -0.2) is 0 Å². The molecule has 0 radical (unpaired) electrons. The molecule has 3 aliphatic heterocycles. The molecule has 3 heterocycles. The molecule has 4 rings (SSSR count). The minimum Gasteiger partial charge on any atom is -0.335 e. The molecule has 3 unspecified atom stereocenters. The fraction of sp³-hybridized carbons (Fsp3) is 0.692. The van der Waals surface area contributed by atoms with Gasteiger partial charge in [-0.1, -0.05) is 80.3 Å². The smallest absolute Gasteiger partial charge is 0.223 e. The van der Waals surface area contributed by atoms with Gasteiger partial charge in [0.25, 0.3) is 0 Å². The number of carbonyl (C=O) groups is 2. The highest BCUT2D eigenvalue weighted by Gasteiger charge is 2.30. The van der Waals surface area contributed by atoms with Crippen molar-refractivity contribution in [3.05, 3.63) is 35.4 Å². The number of rotatable bonds is 12. The van der Waals surface area contributed by atoms with Gasteiger partial charge < -0.3 is 4.90 Å². The van der Waals surface area contributed by atoms with Crippen LogP contribution in [0.25, 0.3) is 0 Å². The molecule has 2 saturated heterocycles.